The SMILES string of the molecule is CC(C)OCCS(=O)(=O)N1CCCCC1CCN.Cl. The Labute approximate surface area is 123 Å². The second-order valence-electron chi connectivity index (χ2n) is 5.07. The Balaban J connectivity index is 0.00000324. The van der Waals surface area contributed by atoms with Crippen molar-refractivity contribution in [2.75, 3.05) is 25.4 Å². The molecule has 116 valence electrons. The Morgan fingerprint density at radius 2 is 2.05 bits per heavy atom. The van der Waals surface area contributed by atoms with Crippen molar-refractivity contribution < 1.29 is 13.2 Å². The van der Waals surface area contributed by atoms with Crippen molar-refractivity contribution in [1.29, 1.82) is 0 Å². The molecule has 0 radical (unpaired) electrons. The minimum Gasteiger partial charge on any atom is -0.378 e. The van der Waals surface area contributed by atoms with Crippen molar-refractivity contribution in [3.8, 4) is 0 Å². The monoisotopic (exact) mass is 314 g/mol. The first kappa shape index (κ1) is 19.1. The van der Waals surface area contributed by atoms with Crippen molar-refractivity contribution in [1.82, 2.24) is 4.31 Å². The lowest BCUT2D eigenvalue weighted by Crippen LogP contribution is -2.46. The third-order valence-corrected chi connectivity index (χ3v) is 5.10. The summed E-state index contributed by atoms with van der Waals surface area (Å²) in [5.74, 6) is 0.0756. The molecule has 5 nitrogen and oxygen atoms in total. The van der Waals surface area contributed by atoms with Gasteiger partial charge in [-0.25, -0.2) is 8.42 Å². The van der Waals surface area contributed by atoms with E-state index < -0.39 is 10.0 Å². The molecular weight excluding hydrogens is 288 g/mol. The van der Waals surface area contributed by atoms with Crippen LogP contribution in [0.25, 0.3) is 0 Å². The fourth-order valence-corrected chi connectivity index (χ4v) is 3.94. The van der Waals surface area contributed by atoms with Crippen molar-refractivity contribution in [3.63, 3.8) is 0 Å². The summed E-state index contributed by atoms with van der Waals surface area (Å²) in [5, 5.41) is 0. The zero-order valence-electron chi connectivity index (χ0n) is 11.9. The van der Waals surface area contributed by atoms with E-state index in [0.717, 1.165) is 25.7 Å². The lowest BCUT2D eigenvalue weighted by Gasteiger charge is -2.34. The van der Waals surface area contributed by atoms with Crippen LogP contribution < -0.4 is 5.73 Å². The van der Waals surface area contributed by atoms with Gasteiger partial charge in [0, 0.05) is 12.6 Å². The van der Waals surface area contributed by atoms with E-state index in [-0.39, 0.29) is 36.9 Å². The molecule has 19 heavy (non-hydrogen) atoms. The molecular formula is C12H27ClN2O3S. The molecule has 0 aromatic carbocycles. The second-order valence-corrected chi connectivity index (χ2v) is 7.11. The number of piperidine rings is 1. The number of nitrogens with two attached hydrogens (primary N) is 1. The van der Waals surface area contributed by atoms with Crippen molar-refractivity contribution in [2.45, 2.75) is 51.7 Å². The van der Waals surface area contributed by atoms with Crippen LogP contribution in [0.5, 0.6) is 0 Å². The van der Waals surface area contributed by atoms with Gasteiger partial charge in [-0.15, -0.1) is 12.4 Å². The fourth-order valence-electron chi connectivity index (χ4n) is 2.33. The van der Waals surface area contributed by atoms with Gasteiger partial charge in [0.25, 0.3) is 0 Å². The van der Waals surface area contributed by atoms with E-state index in [1.165, 1.54) is 0 Å². The zero-order valence-corrected chi connectivity index (χ0v) is 13.5. The van der Waals surface area contributed by atoms with E-state index in [0.29, 0.717) is 13.1 Å². The number of ether oxygens (including phenoxy) is 1. The Hall–Kier alpha value is 0.120. The number of hydrogen-bond donors (Lipinski definition) is 1. The van der Waals surface area contributed by atoms with E-state index in [1.807, 2.05) is 13.8 Å². The first-order valence-electron chi connectivity index (χ1n) is 6.78. The van der Waals surface area contributed by atoms with Crippen LogP contribution in [0.15, 0.2) is 0 Å². The molecule has 1 aliphatic heterocycles. The third kappa shape index (κ3) is 6.40. The number of sulfonamides is 1. The Morgan fingerprint density at radius 3 is 2.63 bits per heavy atom. The van der Waals surface area contributed by atoms with Gasteiger partial charge in [0.1, 0.15) is 0 Å². The molecule has 1 unspecified atom stereocenters. The van der Waals surface area contributed by atoms with Gasteiger partial charge in [-0.2, -0.15) is 4.31 Å². The topological polar surface area (TPSA) is 72.6 Å². The highest BCUT2D eigenvalue weighted by molar-refractivity contribution is 7.89. The molecule has 1 aliphatic rings. The molecule has 0 aromatic heterocycles. The molecule has 7 heteroatoms. The van der Waals surface area contributed by atoms with Crippen molar-refractivity contribution in [2.24, 2.45) is 5.73 Å². The van der Waals surface area contributed by atoms with E-state index in [4.69, 9.17) is 10.5 Å². The molecule has 0 bridgehead atoms. The van der Waals surface area contributed by atoms with Crippen LogP contribution in [0.3, 0.4) is 0 Å². The lowest BCUT2D eigenvalue weighted by atomic mass is 10.0. The van der Waals surface area contributed by atoms with Crippen LogP contribution in [-0.4, -0.2) is 50.3 Å². The molecule has 0 saturated carbocycles. The first-order chi connectivity index (χ1) is 8.47. The summed E-state index contributed by atoms with van der Waals surface area (Å²) in [4.78, 5) is 0. The largest absolute Gasteiger partial charge is 0.378 e. The number of rotatable bonds is 7. The summed E-state index contributed by atoms with van der Waals surface area (Å²) in [6.07, 6.45) is 3.80. The van der Waals surface area contributed by atoms with Crippen LogP contribution in [0.2, 0.25) is 0 Å². The molecule has 0 aliphatic carbocycles. The van der Waals surface area contributed by atoms with Gasteiger partial charge in [0.05, 0.1) is 18.5 Å². The van der Waals surface area contributed by atoms with Gasteiger partial charge in [-0.1, -0.05) is 6.42 Å². The number of nitrogens with zero attached hydrogens (tertiary/aromatic N) is 1. The van der Waals surface area contributed by atoms with E-state index in [9.17, 15) is 8.42 Å². The molecule has 1 heterocycles. The predicted octanol–water partition coefficient (Wildman–Crippen LogP) is 1.37. The van der Waals surface area contributed by atoms with Crippen LogP contribution in [0.1, 0.15) is 39.5 Å². The predicted molar refractivity (Wildman–Crippen MR) is 80.1 cm³/mol. The summed E-state index contributed by atoms with van der Waals surface area (Å²) in [6, 6.07) is 0.0906. The third-order valence-electron chi connectivity index (χ3n) is 3.22. The highest BCUT2D eigenvalue weighted by Gasteiger charge is 2.31. The summed E-state index contributed by atoms with van der Waals surface area (Å²) < 4.78 is 31.5. The molecule has 0 amide bonds. The van der Waals surface area contributed by atoms with Crippen LogP contribution in [-0.2, 0) is 14.8 Å². The minimum absolute atomic E-state index is 0. The van der Waals surface area contributed by atoms with Gasteiger partial charge in [0.15, 0.2) is 0 Å². The molecule has 1 fully saturated rings. The van der Waals surface area contributed by atoms with Gasteiger partial charge in [-0.05, 0) is 39.7 Å². The summed E-state index contributed by atoms with van der Waals surface area (Å²) in [5.41, 5.74) is 5.56. The summed E-state index contributed by atoms with van der Waals surface area (Å²) in [6.45, 7) is 5.26. The number of halogens is 1. The van der Waals surface area contributed by atoms with Crippen LogP contribution in [0, 0.1) is 0 Å². The van der Waals surface area contributed by atoms with Gasteiger partial charge < -0.3 is 10.5 Å². The van der Waals surface area contributed by atoms with E-state index in [2.05, 4.69) is 0 Å². The molecule has 1 atom stereocenters. The molecule has 2 N–H and O–H groups in total. The average Bonchev–Trinajstić information content (AvgIpc) is 2.29. The molecule has 0 spiro atoms. The van der Waals surface area contributed by atoms with Crippen molar-refractivity contribution in [3.05, 3.63) is 0 Å². The summed E-state index contributed by atoms with van der Waals surface area (Å²) >= 11 is 0. The van der Waals surface area contributed by atoms with E-state index >= 15 is 0 Å². The van der Waals surface area contributed by atoms with Gasteiger partial charge in [-0.3, -0.25) is 0 Å². The van der Waals surface area contributed by atoms with Crippen LogP contribution >= 0.6 is 12.4 Å². The Morgan fingerprint density at radius 1 is 1.37 bits per heavy atom. The molecule has 1 saturated heterocycles. The normalized spacial score (nSPS) is 21.4. The second kappa shape index (κ2) is 9.13. The highest BCUT2D eigenvalue weighted by atomic mass is 35.5. The quantitative estimate of drug-likeness (QED) is 0.770. The molecule has 1 rings (SSSR count). The lowest BCUT2D eigenvalue weighted by molar-refractivity contribution is 0.0902. The fraction of sp³-hybridized carbons (Fsp3) is 1.00. The average molecular weight is 315 g/mol. The maximum atomic E-state index is 12.3. The zero-order chi connectivity index (χ0) is 13.6. The Kier molecular flexibility index (Phi) is 9.19. The first-order valence-corrected chi connectivity index (χ1v) is 8.39. The van der Waals surface area contributed by atoms with Crippen LogP contribution in [0.4, 0.5) is 0 Å². The smallest absolute Gasteiger partial charge is 0.216 e. The molecule has 0 aromatic rings. The maximum absolute atomic E-state index is 12.3. The van der Waals surface area contributed by atoms with Gasteiger partial charge >= 0.3 is 0 Å². The summed E-state index contributed by atoms with van der Waals surface area (Å²) in [7, 11) is -3.20. The standard InChI is InChI=1S/C12H26N2O3S.ClH/c1-11(2)17-9-10-18(15,16)14-8-4-3-5-12(14)6-7-13;/h11-12H,3-10,13H2,1-2H3;1H. The van der Waals surface area contributed by atoms with Gasteiger partial charge in [0.2, 0.25) is 10.0 Å². The Bertz CT molecular complexity index is 334. The maximum Gasteiger partial charge on any atom is 0.216 e. The highest BCUT2D eigenvalue weighted by Crippen LogP contribution is 2.22. The van der Waals surface area contributed by atoms with Crippen molar-refractivity contribution >= 4 is 22.4 Å². The van der Waals surface area contributed by atoms with E-state index in [1.54, 1.807) is 4.31 Å². The number of hydrogen-bond acceptors (Lipinski definition) is 4. The minimum atomic E-state index is -3.20.